The lowest BCUT2D eigenvalue weighted by Gasteiger charge is -2.21. The molecule has 1 aromatic heterocycles. The minimum Gasteiger partial charge on any atom is -0.349 e. The number of thiophene rings is 1. The average Bonchev–Trinajstić information content (AvgIpc) is 3.08. The summed E-state index contributed by atoms with van der Waals surface area (Å²) in [5.74, 6) is 2.49. The van der Waals surface area contributed by atoms with Crippen LogP contribution in [0.25, 0.3) is 0 Å². The van der Waals surface area contributed by atoms with Crippen LogP contribution in [0.15, 0.2) is 41.8 Å². The van der Waals surface area contributed by atoms with E-state index in [0.717, 1.165) is 12.0 Å². The number of carbonyl (C=O) groups is 1. The molecule has 0 spiro atoms. The largest absolute Gasteiger partial charge is 0.349 e. The first-order valence-corrected chi connectivity index (χ1v) is 10.9. The van der Waals surface area contributed by atoms with Crippen LogP contribution in [0, 0.1) is 0 Å². The first-order valence-electron chi connectivity index (χ1n) is 7.89. The molecule has 0 bridgehead atoms. The van der Waals surface area contributed by atoms with Crippen molar-refractivity contribution in [2.75, 3.05) is 11.5 Å². The Bertz CT molecular complexity index is 618. The highest BCUT2D eigenvalue weighted by Gasteiger charge is 2.17. The molecule has 3 rings (SSSR count). The van der Waals surface area contributed by atoms with Crippen molar-refractivity contribution in [2.45, 2.75) is 30.4 Å². The molecular formula is C18H21NOS3. The minimum atomic E-state index is 0.0181. The predicted molar refractivity (Wildman–Crippen MR) is 104 cm³/mol. The lowest BCUT2D eigenvalue weighted by Crippen LogP contribution is -2.33. The first-order chi connectivity index (χ1) is 11.2. The molecule has 1 N–H and O–H groups in total. The first kappa shape index (κ1) is 16.9. The Morgan fingerprint density at radius 3 is 2.61 bits per heavy atom. The van der Waals surface area contributed by atoms with Gasteiger partial charge in [0.15, 0.2) is 0 Å². The van der Waals surface area contributed by atoms with Crippen LogP contribution in [0.3, 0.4) is 0 Å². The number of hydrogen-bond acceptors (Lipinski definition) is 4. The van der Waals surface area contributed by atoms with Gasteiger partial charge in [-0.1, -0.05) is 18.2 Å². The highest BCUT2D eigenvalue weighted by molar-refractivity contribution is 8.16. The molecule has 0 saturated carbocycles. The summed E-state index contributed by atoms with van der Waals surface area (Å²) in [6, 6.07) is 12.4. The average molecular weight is 364 g/mol. The maximum Gasteiger partial charge on any atom is 0.251 e. The van der Waals surface area contributed by atoms with Gasteiger partial charge in [-0.15, -0.1) is 34.9 Å². The van der Waals surface area contributed by atoms with Gasteiger partial charge in [-0.2, -0.15) is 0 Å². The Balaban J connectivity index is 1.56. The molecule has 5 heteroatoms. The van der Waals surface area contributed by atoms with Crippen molar-refractivity contribution in [1.82, 2.24) is 5.32 Å². The molecule has 1 fully saturated rings. The maximum absolute atomic E-state index is 12.4. The van der Waals surface area contributed by atoms with E-state index in [1.165, 1.54) is 28.4 Å². The van der Waals surface area contributed by atoms with Gasteiger partial charge < -0.3 is 5.32 Å². The van der Waals surface area contributed by atoms with Gasteiger partial charge in [-0.3, -0.25) is 4.79 Å². The smallest absolute Gasteiger partial charge is 0.251 e. The Hall–Kier alpha value is -0.910. The van der Waals surface area contributed by atoms with Crippen molar-refractivity contribution in [3.63, 3.8) is 0 Å². The van der Waals surface area contributed by atoms with Gasteiger partial charge in [0.2, 0.25) is 0 Å². The Morgan fingerprint density at radius 1 is 1.22 bits per heavy atom. The fraction of sp³-hybridized carbons (Fsp3) is 0.389. The molecule has 1 aliphatic rings. The van der Waals surface area contributed by atoms with E-state index in [-0.39, 0.29) is 11.9 Å². The van der Waals surface area contributed by atoms with Crippen LogP contribution in [-0.4, -0.2) is 23.5 Å². The van der Waals surface area contributed by atoms with Gasteiger partial charge in [0.05, 0.1) is 4.58 Å². The molecule has 1 saturated heterocycles. The van der Waals surface area contributed by atoms with Gasteiger partial charge in [0.1, 0.15) is 0 Å². The van der Waals surface area contributed by atoms with Crippen molar-refractivity contribution in [2.24, 2.45) is 0 Å². The summed E-state index contributed by atoms with van der Waals surface area (Å²) < 4.78 is 0.526. The molecule has 1 aliphatic heterocycles. The Kier molecular flexibility index (Phi) is 6.08. The Morgan fingerprint density at radius 2 is 1.96 bits per heavy atom. The van der Waals surface area contributed by atoms with E-state index >= 15 is 0 Å². The monoisotopic (exact) mass is 363 g/mol. The van der Waals surface area contributed by atoms with Crippen LogP contribution in [-0.2, 0) is 6.42 Å². The lowest BCUT2D eigenvalue weighted by molar-refractivity contribution is 0.0940. The van der Waals surface area contributed by atoms with Crippen molar-refractivity contribution in [1.29, 1.82) is 0 Å². The topological polar surface area (TPSA) is 29.1 Å². The van der Waals surface area contributed by atoms with Crippen LogP contribution >= 0.6 is 34.9 Å². The molecule has 23 heavy (non-hydrogen) atoms. The van der Waals surface area contributed by atoms with Gasteiger partial charge in [-0.25, -0.2) is 0 Å². The second-order valence-electron chi connectivity index (χ2n) is 5.71. The van der Waals surface area contributed by atoms with E-state index < -0.39 is 0 Å². The molecule has 1 atom stereocenters. The zero-order chi connectivity index (χ0) is 16.1. The molecule has 0 aliphatic carbocycles. The molecule has 2 heterocycles. The third-order valence-electron chi connectivity index (χ3n) is 3.74. The number of nitrogens with one attached hydrogen (secondary N) is 1. The van der Waals surface area contributed by atoms with Crippen LogP contribution in [0.5, 0.6) is 0 Å². The van der Waals surface area contributed by atoms with Crippen molar-refractivity contribution >= 4 is 40.8 Å². The SMILES string of the molecule is CC(Cc1cccs1)NC(=O)c1ccc(C2SCCCS2)cc1. The zero-order valence-electron chi connectivity index (χ0n) is 13.2. The van der Waals surface area contributed by atoms with E-state index in [2.05, 4.69) is 41.9 Å². The van der Waals surface area contributed by atoms with E-state index in [1.807, 2.05) is 35.7 Å². The van der Waals surface area contributed by atoms with Gasteiger partial charge >= 0.3 is 0 Å². The van der Waals surface area contributed by atoms with Crippen molar-refractivity contribution in [3.05, 3.63) is 57.8 Å². The number of hydrogen-bond donors (Lipinski definition) is 1. The van der Waals surface area contributed by atoms with E-state index in [0.29, 0.717) is 4.58 Å². The van der Waals surface area contributed by atoms with E-state index in [9.17, 15) is 4.79 Å². The Labute approximate surface area is 150 Å². The van der Waals surface area contributed by atoms with Crippen LogP contribution in [0.2, 0.25) is 0 Å². The highest BCUT2D eigenvalue weighted by atomic mass is 32.2. The highest BCUT2D eigenvalue weighted by Crippen LogP contribution is 2.43. The number of benzene rings is 1. The third kappa shape index (κ3) is 4.78. The van der Waals surface area contributed by atoms with Crippen molar-refractivity contribution < 1.29 is 4.79 Å². The summed E-state index contributed by atoms with van der Waals surface area (Å²) in [7, 11) is 0. The molecule has 122 valence electrons. The quantitative estimate of drug-likeness (QED) is 0.812. The van der Waals surface area contributed by atoms with Crippen molar-refractivity contribution in [3.8, 4) is 0 Å². The molecule has 0 radical (unpaired) electrons. The van der Waals surface area contributed by atoms with Gasteiger partial charge in [0.25, 0.3) is 5.91 Å². The number of thioether (sulfide) groups is 2. The third-order valence-corrected chi connectivity index (χ3v) is 7.65. The van der Waals surface area contributed by atoms with E-state index in [1.54, 1.807) is 11.3 Å². The fourth-order valence-corrected chi connectivity index (χ4v) is 6.29. The summed E-state index contributed by atoms with van der Waals surface area (Å²) in [6.45, 7) is 2.06. The summed E-state index contributed by atoms with van der Waals surface area (Å²) >= 11 is 5.75. The normalized spacial score (nSPS) is 16.9. The van der Waals surface area contributed by atoms with Gasteiger partial charge in [0, 0.05) is 22.9 Å². The number of amides is 1. The molecule has 1 aromatic carbocycles. The van der Waals surface area contributed by atoms with E-state index in [4.69, 9.17) is 0 Å². The molecule has 2 nitrogen and oxygen atoms in total. The molecular weight excluding hydrogens is 342 g/mol. The fourth-order valence-electron chi connectivity index (χ4n) is 2.56. The van der Waals surface area contributed by atoms with Crippen LogP contribution in [0.4, 0.5) is 0 Å². The van der Waals surface area contributed by atoms with Gasteiger partial charge in [-0.05, 0) is 54.0 Å². The lowest BCUT2D eigenvalue weighted by atomic mass is 10.1. The van der Waals surface area contributed by atoms with Crippen LogP contribution < -0.4 is 5.32 Å². The predicted octanol–water partition coefficient (Wildman–Crippen LogP) is 4.98. The second-order valence-corrected chi connectivity index (χ2v) is 9.46. The second kappa shape index (κ2) is 8.27. The molecule has 2 aromatic rings. The van der Waals surface area contributed by atoms with Crippen LogP contribution in [0.1, 0.15) is 38.7 Å². The number of carbonyl (C=O) groups excluding carboxylic acids is 1. The zero-order valence-corrected chi connectivity index (χ0v) is 15.6. The summed E-state index contributed by atoms with van der Waals surface area (Å²) in [4.78, 5) is 13.7. The summed E-state index contributed by atoms with van der Waals surface area (Å²) in [5.41, 5.74) is 2.07. The molecule has 1 unspecified atom stereocenters. The molecule has 1 amide bonds. The minimum absolute atomic E-state index is 0.0181. The standard InChI is InChI=1S/C18H21NOS3/c1-13(12-16-4-2-9-21-16)19-17(20)14-5-7-15(8-6-14)18-22-10-3-11-23-18/h2,4-9,13,18H,3,10-12H2,1H3,(H,19,20). The number of rotatable bonds is 5. The maximum atomic E-state index is 12.4. The summed E-state index contributed by atoms with van der Waals surface area (Å²) in [5, 5.41) is 5.16. The summed E-state index contributed by atoms with van der Waals surface area (Å²) in [6.07, 6.45) is 2.19.